The SMILES string of the molecule is O=C(Cc1c(F)cccc1F)NCC1CCCCC1Br. The van der Waals surface area contributed by atoms with Gasteiger partial charge in [0.05, 0.1) is 6.42 Å². The van der Waals surface area contributed by atoms with Gasteiger partial charge in [0.15, 0.2) is 0 Å². The standard InChI is InChI=1S/C15H18BrF2NO/c16-12-5-2-1-4-10(12)9-19-15(20)8-11-13(17)6-3-7-14(11)18/h3,6-7,10,12H,1-2,4-5,8-9H2,(H,19,20). The smallest absolute Gasteiger partial charge is 0.224 e. The van der Waals surface area contributed by atoms with E-state index in [1.54, 1.807) is 0 Å². The fraction of sp³-hybridized carbons (Fsp3) is 0.533. The zero-order valence-electron chi connectivity index (χ0n) is 11.2. The number of halogens is 3. The first kappa shape index (κ1) is 15.4. The molecule has 0 aliphatic heterocycles. The van der Waals surface area contributed by atoms with Crippen molar-refractivity contribution in [2.24, 2.45) is 5.92 Å². The summed E-state index contributed by atoms with van der Waals surface area (Å²) in [5.41, 5.74) is -0.163. The normalized spacial score (nSPS) is 22.6. The van der Waals surface area contributed by atoms with E-state index in [0.29, 0.717) is 17.3 Å². The second kappa shape index (κ2) is 7.16. The number of carbonyl (C=O) groups excluding carboxylic acids is 1. The maximum absolute atomic E-state index is 13.4. The first-order valence-electron chi connectivity index (χ1n) is 6.91. The van der Waals surface area contributed by atoms with Crippen molar-refractivity contribution in [1.29, 1.82) is 0 Å². The van der Waals surface area contributed by atoms with Gasteiger partial charge in [-0.05, 0) is 30.9 Å². The zero-order chi connectivity index (χ0) is 14.5. The van der Waals surface area contributed by atoms with Crippen LogP contribution in [0.3, 0.4) is 0 Å². The Morgan fingerprint density at radius 2 is 1.90 bits per heavy atom. The van der Waals surface area contributed by atoms with Crippen LogP contribution in [0.15, 0.2) is 18.2 Å². The van der Waals surface area contributed by atoms with E-state index in [2.05, 4.69) is 21.2 Å². The molecule has 0 heterocycles. The molecule has 0 saturated heterocycles. The number of nitrogens with one attached hydrogen (secondary N) is 1. The van der Waals surface area contributed by atoms with E-state index in [-0.39, 0.29) is 17.9 Å². The Kier molecular flexibility index (Phi) is 5.52. The molecule has 2 unspecified atom stereocenters. The van der Waals surface area contributed by atoms with E-state index >= 15 is 0 Å². The molecule has 1 aliphatic rings. The van der Waals surface area contributed by atoms with Crippen LogP contribution in [-0.4, -0.2) is 17.3 Å². The fourth-order valence-corrected chi connectivity index (χ4v) is 3.34. The number of hydrogen-bond acceptors (Lipinski definition) is 1. The van der Waals surface area contributed by atoms with Crippen molar-refractivity contribution < 1.29 is 13.6 Å². The third-order valence-electron chi connectivity index (χ3n) is 3.78. The summed E-state index contributed by atoms with van der Waals surface area (Å²) < 4.78 is 26.9. The molecule has 5 heteroatoms. The van der Waals surface area contributed by atoms with Crippen molar-refractivity contribution in [2.45, 2.75) is 36.9 Å². The summed E-state index contributed by atoms with van der Waals surface area (Å²) in [6.07, 6.45) is 4.32. The molecule has 1 aliphatic carbocycles. The molecule has 0 bridgehead atoms. The van der Waals surface area contributed by atoms with Crippen LogP contribution in [0, 0.1) is 17.6 Å². The summed E-state index contributed by atoms with van der Waals surface area (Å²) in [7, 11) is 0. The highest BCUT2D eigenvalue weighted by Crippen LogP contribution is 2.29. The van der Waals surface area contributed by atoms with Crippen LogP contribution in [0.4, 0.5) is 8.78 Å². The van der Waals surface area contributed by atoms with Crippen molar-refractivity contribution in [1.82, 2.24) is 5.32 Å². The van der Waals surface area contributed by atoms with Gasteiger partial charge in [0.25, 0.3) is 0 Å². The van der Waals surface area contributed by atoms with Crippen molar-refractivity contribution >= 4 is 21.8 Å². The van der Waals surface area contributed by atoms with Gasteiger partial charge in [-0.1, -0.05) is 34.8 Å². The van der Waals surface area contributed by atoms with Gasteiger partial charge in [-0.2, -0.15) is 0 Å². The molecule has 2 nitrogen and oxygen atoms in total. The molecule has 0 spiro atoms. The molecule has 1 amide bonds. The highest BCUT2D eigenvalue weighted by atomic mass is 79.9. The van der Waals surface area contributed by atoms with Gasteiger partial charge in [0.1, 0.15) is 11.6 Å². The second-order valence-electron chi connectivity index (χ2n) is 5.24. The average Bonchev–Trinajstić information content (AvgIpc) is 2.42. The van der Waals surface area contributed by atoms with Crippen LogP contribution in [0.5, 0.6) is 0 Å². The van der Waals surface area contributed by atoms with Crippen molar-refractivity contribution in [3.63, 3.8) is 0 Å². The summed E-state index contributed by atoms with van der Waals surface area (Å²) in [4.78, 5) is 12.2. The summed E-state index contributed by atoms with van der Waals surface area (Å²) >= 11 is 3.62. The molecule has 2 atom stereocenters. The van der Waals surface area contributed by atoms with Gasteiger partial charge in [-0.15, -0.1) is 0 Å². The Hall–Kier alpha value is -0.970. The van der Waals surface area contributed by atoms with Crippen LogP contribution in [0.2, 0.25) is 0 Å². The molecule has 1 aromatic rings. The second-order valence-corrected chi connectivity index (χ2v) is 6.42. The van der Waals surface area contributed by atoms with Crippen molar-refractivity contribution in [3.05, 3.63) is 35.4 Å². The molecule has 1 N–H and O–H groups in total. The lowest BCUT2D eigenvalue weighted by atomic mass is 9.89. The minimum Gasteiger partial charge on any atom is -0.355 e. The molecule has 1 aromatic carbocycles. The largest absolute Gasteiger partial charge is 0.355 e. The summed E-state index contributed by atoms with van der Waals surface area (Å²) in [6.45, 7) is 0.560. The Balaban J connectivity index is 1.86. The maximum atomic E-state index is 13.4. The number of alkyl halides is 1. The fourth-order valence-electron chi connectivity index (χ4n) is 2.56. The highest BCUT2D eigenvalue weighted by Gasteiger charge is 2.23. The van der Waals surface area contributed by atoms with Crippen LogP contribution in [-0.2, 0) is 11.2 Å². The zero-order valence-corrected chi connectivity index (χ0v) is 12.8. The Bertz CT molecular complexity index is 461. The first-order chi connectivity index (χ1) is 9.58. The lowest BCUT2D eigenvalue weighted by Gasteiger charge is -2.27. The van der Waals surface area contributed by atoms with Crippen molar-refractivity contribution in [2.75, 3.05) is 6.54 Å². The molecule has 0 aromatic heterocycles. The number of amides is 1. The van der Waals surface area contributed by atoms with E-state index in [9.17, 15) is 13.6 Å². The minimum absolute atomic E-state index is 0.163. The van der Waals surface area contributed by atoms with Gasteiger partial charge in [-0.25, -0.2) is 8.78 Å². The van der Waals surface area contributed by atoms with Gasteiger partial charge in [0, 0.05) is 16.9 Å². The third-order valence-corrected chi connectivity index (χ3v) is 4.98. The van der Waals surface area contributed by atoms with Gasteiger partial charge in [-0.3, -0.25) is 4.79 Å². The average molecular weight is 346 g/mol. The van der Waals surface area contributed by atoms with E-state index in [0.717, 1.165) is 12.8 Å². The first-order valence-corrected chi connectivity index (χ1v) is 7.83. The van der Waals surface area contributed by atoms with E-state index in [1.807, 2.05) is 0 Å². The Morgan fingerprint density at radius 3 is 2.55 bits per heavy atom. The molecular weight excluding hydrogens is 328 g/mol. The highest BCUT2D eigenvalue weighted by molar-refractivity contribution is 9.09. The monoisotopic (exact) mass is 345 g/mol. The third kappa shape index (κ3) is 4.01. The minimum atomic E-state index is -0.670. The van der Waals surface area contributed by atoms with Crippen LogP contribution < -0.4 is 5.32 Å². The summed E-state index contributed by atoms with van der Waals surface area (Å²) in [5.74, 6) is -1.27. The summed E-state index contributed by atoms with van der Waals surface area (Å²) in [5, 5.41) is 2.78. The predicted octanol–water partition coefficient (Wildman–Crippen LogP) is 3.58. The summed E-state index contributed by atoms with van der Waals surface area (Å²) in [6, 6.07) is 3.63. The van der Waals surface area contributed by atoms with Crippen LogP contribution in [0.1, 0.15) is 31.2 Å². The van der Waals surface area contributed by atoms with E-state index in [1.165, 1.54) is 31.0 Å². The van der Waals surface area contributed by atoms with E-state index < -0.39 is 11.6 Å². The molecule has 0 radical (unpaired) electrons. The number of carbonyl (C=O) groups is 1. The van der Waals surface area contributed by atoms with E-state index in [4.69, 9.17) is 0 Å². The van der Waals surface area contributed by atoms with Crippen LogP contribution in [0.25, 0.3) is 0 Å². The van der Waals surface area contributed by atoms with Gasteiger partial charge < -0.3 is 5.32 Å². The maximum Gasteiger partial charge on any atom is 0.224 e. The predicted molar refractivity (Wildman–Crippen MR) is 77.7 cm³/mol. The number of hydrogen-bond donors (Lipinski definition) is 1. The van der Waals surface area contributed by atoms with Crippen molar-refractivity contribution in [3.8, 4) is 0 Å². The lowest BCUT2D eigenvalue weighted by Crippen LogP contribution is -2.35. The molecule has 2 rings (SSSR count). The Morgan fingerprint density at radius 1 is 1.25 bits per heavy atom. The number of rotatable bonds is 4. The van der Waals surface area contributed by atoms with Crippen LogP contribution >= 0.6 is 15.9 Å². The quantitative estimate of drug-likeness (QED) is 0.830. The molecular formula is C15H18BrF2NO. The molecule has 20 heavy (non-hydrogen) atoms. The molecule has 1 fully saturated rings. The molecule has 1 saturated carbocycles. The lowest BCUT2D eigenvalue weighted by molar-refractivity contribution is -0.120. The topological polar surface area (TPSA) is 29.1 Å². The van der Waals surface area contributed by atoms with Gasteiger partial charge >= 0.3 is 0 Å². The molecule has 110 valence electrons. The number of benzene rings is 1. The Labute approximate surface area is 126 Å². The van der Waals surface area contributed by atoms with Gasteiger partial charge in [0.2, 0.25) is 5.91 Å².